The number of H-pyrrole nitrogens is 1. The van der Waals surface area contributed by atoms with Crippen molar-refractivity contribution in [1.29, 1.82) is 0 Å². The third kappa shape index (κ3) is 4.90. The molecule has 10 nitrogen and oxygen atoms in total. The molecule has 0 spiro atoms. The predicted molar refractivity (Wildman–Crippen MR) is 91.6 cm³/mol. The zero-order valence-electron chi connectivity index (χ0n) is 13.5. The first-order valence-corrected chi connectivity index (χ1v) is 8.57. The van der Waals surface area contributed by atoms with Gasteiger partial charge in [-0.2, -0.15) is 0 Å². The number of esters is 1. The fourth-order valence-corrected chi connectivity index (χ4v) is 2.78. The van der Waals surface area contributed by atoms with Crippen LogP contribution in [0.15, 0.2) is 20.8 Å². The number of rotatable bonds is 7. The summed E-state index contributed by atoms with van der Waals surface area (Å²) in [5.74, 6) is -1.87. The number of aliphatic hydroxyl groups excluding tert-OH is 1. The van der Waals surface area contributed by atoms with Gasteiger partial charge in [-0.25, -0.2) is 4.79 Å². The molecule has 0 radical (unpaired) electrons. The van der Waals surface area contributed by atoms with Gasteiger partial charge in [0.1, 0.15) is 18.4 Å². The molecule has 0 unspecified atom stereocenters. The molecule has 1 aliphatic rings. The molecule has 0 aliphatic carbocycles. The Hall–Kier alpha value is -2.24. The minimum Gasteiger partial charge on any atom is -0.481 e. The van der Waals surface area contributed by atoms with Crippen molar-refractivity contribution in [2.75, 3.05) is 6.61 Å². The first-order chi connectivity index (χ1) is 12.3. The van der Waals surface area contributed by atoms with Gasteiger partial charge >= 0.3 is 17.6 Å². The Morgan fingerprint density at radius 1 is 1.42 bits per heavy atom. The van der Waals surface area contributed by atoms with Crippen LogP contribution in [0.5, 0.6) is 0 Å². The van der Waals surface area contributed by atoms with Gasteiger partial charge in [-0.15, -0.1) is 0 Å². The number of carboxylic acids is 1. The molecule has 0 amide bonds. The van der Waals surface area contributed by atoms with Gasteiger partial charge in [-0.1, -0.05) is 15.9 Å². The Balaban J connectivity index is 2.17. The van der Waals surface area contributed by atoms with Crippen molar-refractivity contribution in [3.05, 3.63) is 37.6 Å². The van der Waals surface area contributed by atoms with E-state index in [0.29, 0.717) is 0 Å². The first kappa shape index (κ1) is 20.1. The Kier molecular flexibility index (Phi) is 6.89. The monoisotopic (exact) mass is 432 g/mol. The van der Waals surface area contributed by atoms with Crippen LogP contribution >= 0.6 is 15.9 Å². The molecule has 1 aromatic rings. The molecule has 0 bridgehead atoms. The van der Waals surface area contributed by atoms with Crippen LogP contribution in [0.4, 0.5) is 0 Å². The molecule has 11 heteroatoms. The number of aliphatic hydroxyl groups is 1. The van der Waals surface area contributed by atoms with Crippen LogP contribution in [-0.4, -0.2) is 50.5 Å². The maximum Gasteiger partial charge on any atom is 0.330 e. The molecule has 3 N–H and O–H groups in total. The Morgan fingerprint density at radius 3 is 2.77 bits per heavy atom. The number of halogens is 1. The van der Waals surface area contributed by atoms with Gasteiger partial charge in [0.25, 0.3) is 5.56 Å². The molecular weight excluding hydrogens is 416 g/mol. The van der Waals surface area contributed by atoms with Gasteiger partial charge in [0, 0.05) is 12.6 Å². The number of carbonyl (C=O) groups excluding carboxylic acids is 1. The minimum absolute atomic E-state index is 0.0630. The topological polar surface area (TPSA) is 148 Å². The standard InChI is InChI=1S/C15H17BrN2O8/c16-4-3-8-6-18(15(24)17-14(8)23)11-5-9(10(7-19)25-11)26-13(22)2-1-12(20)21/h3-4,6,9-11,19H,1-2,5,7H2,(H,20,21)(H,17,23,24)/b4-3+/t9-,10+,11+/m0/s1. The van der Waals surface area contributed by atoms with Crippen LogP contribution < -0.4 is 11.2 Å². The van der Waals surface area contributed by atoms with Crippen molar-refractivity contribution in [1.82, 2.24) is 9.55 Å². The molecule has 142 valence electrons. The van der Waals surface area contributed by atoms with E-state index in [4.69, 9.17) is 14.6 Å². The lowest BCUT2D eigenvalue weighted by Gasteiger charge is -2.16. The molecule has 3 atom stereocenters. The lowest BCUT2D eigenvalue weighted by Crippen LogP contribution is -2.33. The summed E-state index contributed by atoms with van der Waals surface area (Å²) < 4.78 is 11.8. The highest BCUT2D eigenvalue weighted by Gasteiger charge is 2.39. The van der Waals surface area contributed by atoms with Crippen LogP contribution in [-0.2, 0) is 19.1 Å². The second-order valence-electron chi connectivity index (χ2n) is 5.51. The molecule has 2 heterocycles. The van der Waals surface area contributed by atoms with Crippen LogP contribution in [0.2, 0.25) is 0 Å². The molecule has 0 saturated carbocycles. The van der Waals surface area contributed by atoms with E-state index in [-0.39, 0.29) is 24.8 Å². The van der Waals surface area contributed by atoms with Gasteiger partial charge in [-0.3, -0.25) is 23.9 Å². The number of aromatic amines is 1. The highest BCUT2D eigenvalue weighted by molar-refractivity contribution is 9.11. The lowest BCUT2D eigenvalue weighted by atomic mass is 10.2. The van der Waals surface area contributed by atoms with Gasteiger partial charge in [0.15, 0.2) is 0 Å². The van der Waals surface area contributed by atoms with E-state index in [9.17, 15) is 24.3 Å². The summed E-state index contributed by atoms with van der Waals surface area (Å²) >= 11 is 3.04. The third-order valence-electron chi connectivity index (χ3n) is 3.73. The quantitative estimate of drug-likeness (QED) is 0.508. The third-order valence-corrected chi connectivity index (χ3v) is 4.00. The van der Waals surface area contributed by atoms with E-state index in [1.165, 1.54) is 17.3 Å². The molecule has 1 aromatic heterocycles. The molecule has 0 aromatic carbocycles. The average molecular weight is 433 g/mol. The van der Waals surface area contributed by atoms with Crippen LogP contribution in [0.1, 0.15) is 31.1 Å². The fraction of sp³-hybridized carbons (Fsp3) is 0.467. The molecule has 1 aliphatic heterocycles. The van der Waals surface area contributed by atoms with Crippen molar-refractivity contribution in [3.63, 3.8) is 0 Å². The number of aromatic nitrogens is 2. The van der Waals surface area contributed by atoms with E-state index in [1.807, 2.05) is 0 Å². The van der Waals surface area contributed by atoms with E-state index in [2.05, 4.69) is 20.9 Å². The van der Waals surface area contributed by atoms with Crippen molar-refractivity contribution in [3.8, 4) is 0 Å². The SMILES string of the molecule is O=C(O)CCC(=O)O[C@H]1C[C@H](n2cc(/C=C/Br)c(=O)[nH]c2=O)O[C@@H]1CO. The molecule has 1 fully saturated rings. The van der Waals surface area contributed by atoms with Crippen molar-refractivity contribution in [2.45, 2.75) is 37.7 Å². The van der Waals surface area contributed by atoms with Gasteiger partial charge in [0.2, 0.25) is 0 Å². The predicted octanol–water partition coefficient (Wildman–Crippen LogP) is -0.0414. The van der Waals surface area contributed by atoms with Crippen LogP contribution in [0.3, 0.4) is 0 Å². The molecule has 26 heavy (non-hydrogen) atoms. The second-order valence-corrected chi connectivity index (χ2v) is 6.04. The second kappa shape index (κ2) is 8.92. The van der Waals surface area contributed by atoms with Crippen molar-refractivity contribution in [2.24, 2.45) is 0 Å². The average Bonchev–Trinajstić information content (AvgIpc) is 2.98. The van der Waals surface area contributed by atoms with Crippen molar-refractivity contribution < 1.29 is 29.3 Å². The highest BCUT2D eigenvalue weighted by atomic mass is 79.9. The number of carbonyl (C=O) groups is 2. The minimum atomic E-state index is -1.13. The first-order valence-electron chi connectivity index (χ1n) is 7.65. The maximum absolute atomic E-state index is 12.0. The summed E-state index contributed by atoms with van der Waals surface area (Å²) in [6.45, 7) is -0.459. The van der Waals surface area contributed by atoms with E-state index >= 15 is 0 Å². The highest BCUT2D eigenvalue weighted by Crippen LogP contribution is 2.30. The summed E-state index contributed by atoms with van der Waals surface area (Å²) in [6, 6.07) is 0. The summed E-state index contributed by atoms with van der Waals surface area (Å²) in [5.41, 5.74) is -1.08. The number of hydrogen-bond acceptors (Lipinski definition) is 7. The number of nitrogens with one attached hydrogen (secondary N) is 1. The maximum atomic E-state index is 12.0. The van der Waals surface area contributed by atoms with Crippen LogP contribution in [0.25, 0.3) is 6.08 Å². The molecule has 1 saturated heterocycles. The zero-order chi connectivity index (χ0) is 19.3. The summed E-state index contributed by atoms with van der Waals surface area (Å²) in [4.78, 5) is 49.6. The number of ether oxygens (including phenoxy) is 2. The molecule has 2 rings (SSSR count). The number of hydrogen-bond donors (Lipinski definition) is 3. The largest absolute Gasteiger partial charge is 0.481 e. The summed E-state index contributed by atoms with van der Waals surface area (Å²) in [7, 11) is 0. The number of carboxylic acid groups (broad SMARTS) is 1. The number of nitrogens with zero attached hydrogens (tertiary/aromatic N) is 1. The Bertz CT molecular complexity index is 815. The van der Waals surface area contributed by atoms with Gasteiger partial charge in [-0.05, 0) is 11.1 Å². The van der Waals surface area contributed by atoms with Crippen LogP contribution in [0, 0.1) is 0 Å². The normalized spacial score (nSPS) is 22.6. The van der Waals surface area contributed by atoms with E-state index in [1.54, 1.807) is 0 Å². The summed E-state index contributed by atoms with van der Waals surface area (Å²) in [6.07, 6.45) is -0.467. The van der Waals surface area contributed by atoms with E-state index in [0.717, 1.165) is 4.57 Å². The smallest absolute Gasteiger partial charge is 0.330 e. The Morgan fingerprint density at radius 2 is 2.15 bits per heavy atom. The van der Waals surface area contributed by atoms with Crippen molar-refractivity contribution >= 4 is 33.9 Å². The number of aliphatic carboxylic acids is 1. The van der Waals surface area contributed by atoms with E-state index < -0.39 is 48.2 Å². The zero-order valence-corrected chi connectivity index (χ0v) is 15.0. The molecular formula is C15H17BrN2O8. The van der Waals surface area contributed by atoms with Gasteiger partial charge < -0.3 is 19.7 Å². The fourth-order valence-electron chi connectivity index (χ4n) is 2.50. The summed E-state index contributed by atoms with van der Waals surface area (Å²) in [5, 5.41) is 18.0. The van der Waals surface area contributed by atoms with Gasteiger partial charge in [0.05, 0.1) is 25.0 Å². The lowest BCUT2D eigenvalue weighted by molar-refractivity contribution is -0.155. The Labute approximate surface area is 155 Å².